The standard InChI is InChI=1S/C12H26N6O2/c13-6-1-3-9(14)4-2-7-18-8-5-10(16-11(15)19)17-12(18)20/h9-10H,1-8,13-14H2,(H,17,20)(H3,15,16,19)/t9-,10?/m0/s1. The monoisotopic (exact) mass is 286 g/mol. The third-order valence-electron chi connectivity index (χ3n) is 3.37. The maximum Gasteiger partial charge on any atom is 0.319 e. The van der Waals surface area contributed by atoms with Crippen molar-refractivity contribution in [2.24, 2.45) is 17.2 Å². The molecule has 1 unspecified atom stereocenters. The highest BCUT2D eigenvalue weighted by Crippen LogP contribution is 2.08. The van der Waals surface area contributed by atoms with E-state index in [-0.39, 0.29) is 18.2 Å². The minimum absolute atomic E-state index is 0.149. The molecule has 0 saturated carbocycles. The quantitative estimate of drug-likeness (QED) is 0.400. The summed E-state index contributed by atoms with van der Waals surface area (Å²) in [6.45, 7) is 1.94. The fourth-order valence-corrected chi connectivity index (χ4v) is 2.26. The van der Waals surface area contributed by atoms with Gasteiger partial charge in [-0.25, -0.2) is 9.59 Å². The van der Waals surface area contributed by atoms with E-state index in [1.165, 1.54) is 0 Å². The Labute approximate surface area is 119 Å². The van der Waals surface area contributed by atoms with Crippen LogP contribution in [0.2, 0.25) is 0 Å². The van der Waals surface area contributed by atoms with Gasteiger partial charge in [0.05, 0.1) is 0 Å². The van der Waals surface area contributed by atoms with Crippen molar-refractivity contribution in [2.45, 2.75) is 44.3 Å². The van der Waals surface area contributed by atoms with E-state index in [2.05, 4.69) is 10.6 Å². The van der Waals surface area contributed by atoms with Crippen molar-refractivity contribution >= 4 is 12.1 Å². The third-order valence-corrected chi connectivity index (χ3v) is 3.37. The van der Waals surface area contributed by atoms with Crippen LogP contribution in [0.3, 0.4) is 0 Å². The van der Waals surface area contributed by atoms with Crippen LogP contribution in [0, 0.1) is 0 Å². The molecular weight excluding hydrogens is 260 g/mol. The van der Waals surface area contributed by atoms with Crippen LogP contribution < -0.4 is 27.8 Å². The van der Waals surface area contributed by atoms with Crippen molar-refractivity contribution in [1.29, 1.82) is 0 Å². The number of carbonyl (C=O) groups excluding carboxylic acids is 2. The summed E-state index contributed by atoms with van der Waals surface area (Å²) in [5, 5.41) is 5.18. The van der Waals surface area contributed by atoms with E-state index in [0.717, 1.165) is 25.7 Å². The fraction of sp³-hybridized carbons (Fsp3) is 0.833. The molecule has 0 radical (unpaired) electrons. The van der Waals surface area contributed by atoms with Gasteiger partial charge in [0.2, 0.25) is 0 Å². The zero-order chi connectivity index (χ0) is 15.0. The first-order chi connectivity index (χ1) is 9.52. The van der Waals surface area contributed by atoms with Gasteiger partial charge in [-0.3, -0.25) is 0 Å². The second kappa shape index (κ2) is 8.60. The molecule has 0 aromatic carbocycles. The minimum atomic E-state index is -0.630. The van der Waals surface area contributed by atoms with Crippen molar-refractivity contribution in [1.82, 2.24) is 15.5 Å². The average Bonchev–Trinajstić information content (AvgIpc) is 2.38. The maximum atomic E-state index is 11.8. The molecular formula is C12H26N6O2. The number of primary amides is 1. The van der Waals surface area contributed by atoms with Gasteiger partial charge in [0.15, 0.2) is 0 Å². The van der Waals surface area contributed by atoms with Crippen LogP contribution in [-0.4, -0.2) is 48.8 Å². The van der Waals surface area contributed by atoms with Gasteiger partial charge < -0.3 is 32.7 Å². The van der Waals surface area contributed by atoms with Crippen molar-refractivity contribution in [3.05, 3.63) is 0 Å². The van der Waals surface area contributed by atoms with Gasteiger partial charge in [0, 0.05) is 25.6 Å². The molecule has 116 valence electrons. The van der Waals surface area contributed by atoms with Crippen LogP contribution in [0.4, 0.5) is 9.59 Å². The number of nitrogens with two attached hydrogens (primary N) is 3. The number of nitrogens with one attached hydrogen (secondary N) is 2. The summed E-state index contributed by atoms with van der Waals surface area (Å²) in [5.74, 6) is 0. The molecule has 1 rings (SSSR count). The molecule has 1 aliphatic heterocycles. The number of hydrogen-bond donors (Lipinski definition) is 5. The summed E-state index contributed by atoms with van der Waals surface area (Å²) in [5.41, 5.74) is 16.4. The normalized spacial score (nSPS) is 20.4. The lowest BCUT2D eigenvalue weighted by molar-refractivity contribution is 0.167. The van der Waals surface area contributed by atoms with Crippen LogP contribution in [0.5, 0.6) is 0 Å². The Kier molecular flexibility index (Phi) is 7.10. The number of hydrogen-bond acceptors (Lipinski definition) is 4. The smallest absolute Gasteiger partial charge is 0.319 e. The predicted molar refractivity (Wildman–Crippen MR) is 76.7 cm³/mol. The summed E-state index contributed by atoms with van der Waals surface area (Å²) in [6.07, 6.45) is 3.88. The predicted octanol–water partition coefficient (Wildman–Crippen LogP) is -0.757. The summed E-state index contributed by atoms with van der Waals surface area (Å²) >= 11 is 0. The molecule has 1 saturated heterocycles. The Morgan fingerprint density at radius 1 is 1.45 bits per heavy atom. The van der Waals surface area contributed by atoms with Gasteiger partial charge in [-0.05, 0) is 32.2 Å². The first kappa shape index (κ1) is 16.5. The molecule has 8 heteroatoms. The molecule has 1 heterocycles. The minimum Gasteiger partial charge on any atom is -0.352 e. The first-order valence-corrected chi connectivity index (χ1v) is 7.10. The zero-order valence-electron chi connectivity index (χ0n) is 11.8. The number of carbonyl (C=O) groups is 2. The van der Waals surface area contributed by atoms with Crippen molar-refractivity contribution in [3.63, 3.8) is 0 Å². The van der Waals surface area contributed by atoms with E-state index in [9.17, 15) is 9.59 Å². The molecule has 20 heavy (non-hydrogen) atoms. The molecule has 0 aromatic heterocycles. The van der Waals surface area contributed by atoms with Crippen LogP contribution in [0.15, 0.2) is 0 Å². The molecule has 0 bridgehead atoms. The van der Waals surface area contributed by atoms with Gasteiger partial charge in [-0.1, -0.05) is 0 Å². The Morgan fingerprint density at radius 3 is 2.75 bits per heavy atom. The highest BCUT2D eigenvalue weighted by Gasteiger charge is 2.24. The SMILES string of the molecule is NCCC[C@H](N)CCCN1CCC(NC(N)=O)NC1=O. The van der Waals surface area contributed by atoms with Crippen LogP contribution in [0.1, 0.15) is 32.1 Å². The second-order valence-electron chi connectivity index (χ2n) is 5.12. The molecule has 0 spiro atoms. The van der Waals surface area contributed by atoms with Crippen LogP contribution in [0.25, 0.3) is 0 Å². The lowest BCUT2D eigenvalue weighted by Gasteiger charge is -2.33. The lowest BCUT2D eigenvalue weighted by Crippen LogP contribution is -2.58. The number of urea groups is 2. The maximum absolute atomic E-state index is 11.8. The Bertz CT molecular complexity index is 325. The molecule has 1 aliphatic rings. The third kappa shape index (κ3) is 6.07. The van der Waals surface area contributed by atoms with Crippen LogP contribution >= 0.6 is 0 Å². The van der Waals surface area contributed by atoms with E-state index in [1.54, 1.807) is 4.90 Å². The second-order valence-corrected chi connectivity index (χ2v) is 5.12. The molecule has 1 fully saturated rings. The van der Waals surface area contributed by atoms with Gasteiger partial charge in [-0.2, -0.15) is 0 Å². The summed E-state index contributed by atoms with van der Waals surface area (Å²) in [4.78, 5) is 24.3. The number of amides is 4. The topological polar surface area (TPSA) is 140 Å². The van der Waals surface area contributed by atoms with Gasteiger partial charge in [0.25, 0.3) is 0 Å². The van der Waals surface area contributed by atoms with E-state index >= 15 is 0 Å². The average molecular weight is 286 g/mol. The highest BCUT2D eigenvalue weighted by molar-refractivity contribution is 5.77. The zero-order valence-corrected chi connectivity index (χ0v) is 11.8. The molecule has 4 amide bonds. The van der Waals surface area contributed by atoms with Gasteiger partial charge >= 0.3 is 12.1 Å². The van der Waals surface area contributed by atoms with E-state index in [0.29, 0.717) is 26.1 Å². The Hall–Kier alpha value is -1.54. The molecule has 8 N–H and O–H groups in total. The van der Waals surface area contributed by atoms with E-state index in [4.69, 9.17) is 17.2 Å². The Morgan fingerprint density at radius 2 is 2.15 bits per heavy atom. The first-order valence-electron chi connectivity index (χ1n) is 7.10. The largest absolute Gasteiger partial charge is 0.352 e. The van der Waals surface area contributed by atoms with Crippen LogP contribution in [-0.2, 0) is 0 Å². The molecule has 8 nitrogen and oxygen atoms in total. The highest BCUT2D eigenvalue weighted by atomic mass is 16.2. The molecule has 2 atom stereocenters. The summed E-state index contributed by atoms with van der Waals surface area (Å²) in [7, 11) is 0. The van der Waals surface area contributed by atoms with E-state index in [1.807, 2.05) is 0 Å². The molecule has 0 aliphatic carbocycles. The van der Waals surface area contributed by atoms with E-state index < -0.39 is 6.03 Å². The molecule has 0 aromatic rings. The summed E-state index contributed by atoms with van der Waals surface area (Å²) < 4.78 is 0. The lowest BCUT2D eigenvalue weighted by atomic mass is 10.1. The Balaban J connectivity index is 2.19. The van der Waals surface area contributed by atoms with Gasteiger partial charge in [0.1, 0.15) is 6.17 Å². The van der Waals surface area contributed by atoms with Gasteiger partial charge in [-0.15, -0.1) is 0 Å². The fourth-order valence-electron chi connectivity index (χ4n) is 2.26. The van der Waals surface area contributed by atoms with Crippen molar-refractivity contribution in [2.75, 3.05) is 19.6 Å². The van der Waals surface area contributed by atoms with Crippen molar-refractivity contribution < 1.29 is 9.59 Å². The van der Waals surface area contributed by atoms with Crippen molar-refractivity contribution in [3.8, 4) is 0 Å². The summed E-state index contributed by atoms with van der Waals surface area (Å²) in [6, 6.07) is -0.657. The number of rotatable bonds is 8. The number of nitrogens with zero attached hydrogens (tertiary/aromatic N) is 1.